The molecule has 344 valence electrons. The molecule has 2 heterocycles. The Kier molecular flexibility index (Phi) is 14.6. The third-order valence-electron chi connectivity index (χ3n) is 10.5. The van der Waals surface area contributed by atoms with Crippen LogP contribution in [0.2, 0.25) is 0 Å². The maximum atomic E-state index is 14.1. The fraction of sp³-hybridized carbons (Fsp3) is 0.170. The molecule has 5 atom stereocenters. The van der Waals surface area contributed by atoms with Gasteiger partial charge in [-0.15, -0.1) is 0 Å². The predicted octanol–water partition coefficient (Wildman–Crippen LogP) is 8.32. The first kappa shape index (κ1) is 46.0. The summed E-state index contributed by atoms with van der Waals surface area (Å²) in [4.78, 5) is 81.3. The van der Waals surface area contributed by atoms with Crippen molar-refractivity contribution in [2.24, 2.45) is 0 Å². The number of esters is 5. The molecule has 0 aliphatic carbocycles. The fourth-order valence-corrected chi connectivity index (χ4v) is 7.11. The Hall–Kier alpha value is -8.56. The summed E-state index contributed by atoms with van der Waals surface area (Å²) >= 11 is 0. The van der Waals surface area contributed by atoms with Gasteiger partial charge in [-0.05, 0) is 66.2 Å². The van der Waals surface area contributed by atoms with Crippen LogP contribution in [0.5, 0.6) is 17.2 Å². The van der Waals surface area contributed by atoms with E-state index in [1.165, 1.54) is 54.6 Å². The zero-order valence-electron chi connectivity index (χ0n) is 36.3. The SMILES string of the molecule is CCC(=O)Oc1c(OCc2ccccc2)c2ccc(O[C@@H]3O[C@H](COC(=O)c4ccccc4)[C@@H](OC(=O)c4ccccc4)[C@H](OC(=O)c4ccccc4)[C@H]3OC(=O)c3ccccc3)cc2oc1=O. The Morgan fingerprint density at radius 2 is 1.03 bits per heavy atom. The number of carbonyl (C=O) groups is 5. The van der Waals surface area contributed by atoms with Gasteiger partial charge in [0.15, 0.2) is 18.0 Å². The first-order valence-corrected chi connectivity index (χ1v) is 21.5. The summed E-state index contributed by atoms with van der Waals surface area (Å²) < 4.78 is 54.3. The van der Waals surface area contributed by atoms with Gasteiger partial charge in [0.25, 0.3) is 5.75 Å². The molecule has 1 aromatic heterocycles. The molecule has 1 aliphatic rings. The van der Waals surface area contributed by atoms with E-state index in [2.05, 4.69) is 0 Å². The van der Waals surface area contributed by atoms with Gasteiger partial charge in [-0.1, -0.05) is 110 Å². The Balaban J connectivity index is 1.22. The number of rotatable bonds is 16. The highest BCUT2D eigenvalue weighted by Crippen LogP contribution is 2.38. The van der Waals surface area contributed by atoms with Gasteiger partial charge in [0.05, 0.1) is 27.6 Å². The lowest BCUT2D eigenvalue weighted by Crippen LogP contribution is -2.63. The standard InChI is InChI=1S/C53H42O15/c1-2-42(54)65-46-43(60-31-33-18-8-3-9-19-33)39-29-28-38(30-40(39)63-52(46)59)62-53-47(68-51(58)37-26-16-7-17-27-37)45(67-50(57)36-24-14-6-15-25-36)44(66-49(56)35-22-12-5-13-23-35)41(64-53)32-61-48(55)34-20-10-4-11-21-34/h3-30,41,44-45,47,53H,2,31-32H2,1H3/t41-,44-,45+,47-,53-/m1/s1. The Morgan fingerprint density at radius 3 is 1.56 bits per heavy atom. The van der Waals surface area contributed by atoms with E-state index in [9.17, 15) is 28.8 Å². The average molecular weight is 919 g/mol. The summed E-state index contributed by atoms with van der Waals surface area (Å²) in [7, 11) is 0. The molecule has 6 aromatic carbocycles. The van der Waals surface area contributed by atoms with Gasteiger partial charge < -0.3 is 42.3 Å². The molecular weight excluding hydrogens is 877 g/mol. The molecule has 0 spiro atoms. The lowest BCUT2D eigenvalue weighted by atomic mass is 9.97. The lowest BCUT2D eigenvalue weighted by Gasteiger charge is -2.44. The van der Waals surface area contributed by atoms with Crippen molar-refractivity contribution in [1.29, 1.82) is 0 Å². The minimum Gasteiger partial charge on any atom is -0.484 e. The molecule has 1 fully saturated rings. The van der Waals surface area contributed by atoms with Crippen LogP contribution in [-0.4, -0.2) is 67.2 Å². The van der Waals surface area contributed by atoms with Gasteiger partial charge >= 0.3 is 35.5 Å². The van der Waals surface area contributed by atoms with Gasteiger partial charge in [0.1, 0.15) is 30.7 Å². The van der Waals surface area contributed by atoms with Gasteiger partial charge in [-0.25, -0.2) is 24.0 Å². The number of ether oxygens (including phenoxy) is 8. The number of benzene rings is 6. The predicted molar refractivity (Wildman–Crippen MR) is 242 cm³/mol. The fourth-order valence-electron chi connectivity index (χ4n) is 7.11. The van der Waals surface area contributed by atoms with Crippen LogP contribution in [0.15, 0.2) is 179 Å². The van der Waals surface area contributed by atoms with E-state index < -0.39 is 78.5 Å². The van der Waals surface area contributed by atoms with Crippen LogP contribution in [0, 0.1) is 0 Å². The van der Waals surface area contributed by atoms with Gasteiger partial charge in [-0.3, -0.25) is 4.79 Å². The highest BCUT2D eigenvalue weighted by Gasteiger charge is 2.54. The molecule has 7 aromatic rings. The number of carbonyl (C=O) groups excluding carboxylic acids is 5. The van der Waals surface area contributed by atoms with Crippen molar-refractivity contribution in [1.82, 2.24) is 0 Å². The zero-order valence-corrected chi connectivity index (χ0v) is 36.3. The summed E-state index contributed by atoms with van der Waals surface area (Å²) in [5.41, 5.74) is 0.179. The summed E-state index contributed by atoms with van der Waals surface area (Å²) in [6.45, 7) is 0.971. The van der Waals surface area contributed by atoms with E-state index in [0.717, 1.165) is 5.56 Å². The molecule has 0 unspecified atom stereocenters. The normalized spacial score (nSPS) is 17.5. The first-order valence-electron chi connectivity index (χ1n) is 21.5. The van der Waals surface area contributed by atoms with Crippen molar-refractivity contribution in [3.05, 3.63) is 208 Å². The van der Waals surface area contributed by atoms with Crippen LogP contribution in [0.25, 0.3) is 11.0 Å². The number of hydrogen-bond donors (Lipinski definition) is 0. The molecule has 0 saturated carbocycles. The van der Waals surface area contributed by atoms with Gasteiger partial charge in [-0.2, -0.15) is 0 Å². The molecule has 0 amide bonds. The second-order valence-corrected chi connectivity index (χ2v) is 15.1. The maximum absolute atomic E-state index is 14.1. The van der Waals surface area contributed by atoms with Crippen LogP contribution in [0.4, 0.5) is 0 Å². The van der Waals surface area contributed by atoms with Crippen molar-refractivity contribution in [3.8, 4) is 17.2 Å². The molecule has 1 aliphatic heterocycles. The molecule has 0 bridgehead atoms. The Bertz CT molecular complexity index is 2930. The van der Waals surface area contributed by atoms with E-state index in [4.69, 9.17) is 42.3 Å². The maximum Gasteiger partial charge on any atom is 0.383 e. The van der Waals surface area contributed by atoms with Crippen molar-refractivity contribution in [2.75, 3.05) is 6.61 Å². The second kappa shape index (κ2) is 21.6. The Morgan fingerprint density at radius 1 is 0.544 bits per heavy atom. The van der Waals surface area contributed by atoms with E-state index in [-0.39, 0.29) is 57.7 Å². The molecule has 0 radical (unpaired) electrons. The lowest BCUT2D eigenvalue weighted by molar-refractivity contribution is -0.275. The quantitative estimate of drug-likeness (QED) is 0.0511. The van der Waals surface area contributed by atoms with Crippen LogP contribution < -0.4 is 19.8 Å². The highest BCUT2D eigenvalue weighted by molar-refractivity contribution is 5.92. The third kappa shape index (κ3) is 11.1. The van der Waals surface area contributed by atoms with E-state index in [1.807, 2.05) is 30.3 Å². The van der Waals surface area contributed by atoms with Crippen LogP contribution in [0.3, 0.4) is 0 Å². The van der Waals surface area contributed by atoms with Gasteiger partial charge in [0.2, 0.25) is 12.4 Å². The van der Waals surface area contributed by atoms with E-state index in [1.54, 1.807) is 91.9 Å². The third-order valence-corrected chi connectivity index (χ3v) is 10.5. The van der Waals surface area contributed by atoms with Crippen molar-refractivity contribution in [2.45, 2.75) is 50.7 Å². The molecule has 1 saturated heterocycles. The first-order chi connectivity index (χ1) is 33.1. The van der Waals surface area contributed by atoms with Crippen LogP contribution >= 0.6 is 0 Å². The summed E-state index contributed by atoms with van der Waals surface area (Å²) in [6, 6.07) is 45.3. The average Bonchev–Trinajstić information content (AvgIpc) is 3.38. The van der Waals surface area contributed by atoms with E-state index >= 15 is 0 Å². The van der Waals surface area contributed by atoms with Gasteiger partial charge in [0, 0.05) is 12.5 Å². The molecule has 15 heteroatoms. The van der Waals surface area contributed by atoms with Crippen LogP contribution in [-0.2, 0) is 35.1 Å². The molecule has 15 nitrogen and oxygen atoms in total. The Labute approximate surface area is 388 Å². The number of fused-ring (bicyclic) bond motifs is 1. The summed E-state index contributed by atoms with van der Waals surface area (Å²) in [6.07, 6.45) is -8.24. The number of hydrogen-bond acceptors (Lipinski definition) is 15. The van der Waals surface area contributed by atoms with Crippen molar-refractivity contribution >= 4 is 40.8 Å². The highest BCUT2D eigenvalue weighted by atomic mass is 16.7. The summed E-state index contributed by atoms with van der Waals surface area (Å²) in [5, 5.41) is 0.219. The molecule has 0 N–H and O–H groups in total. The second-order valence-electron chi connectivity index (χ2n) is 15.1. The molecular formula is C53H42O15. The minimum absolute atomic E-state index is 0.00592. The molecule has 68 heavy (non-hydrogen) atoms. The minimum atomic E-state index is -1.72. The van der Waals surface area contributed by atoms with Crippen molar-refractivity contribution < 1.29 is 66.3 Å². The monoisotopic (exact) mass is 918 g/mol. The van der Waals surface area contributed by atoms with Crippen molar-refractivity contribution in [3.63, 3.8) is 0 Å². The summed E-state index contributed by atoms with van der Waals surface area (Å²) in [5.74, 6) is -4.68. The topological polar surface area (TPSA) is 189 Å². The largest absolute Gasteiger partial charge is 0.484 e. The molecule has 8 rings (SSSR count). The van der Waals surface area contributed by atoms with Crippen LogP contribution in [0.1, 0.15) is 60.3 Å². The smallest absolute Gasteiger partial charge is 0.383 e. The van der Waals surface area contributed by atoms with E-state index in [0.29, 0.717) is 0 Å². The zero-order chi connectivity index (χ0) is 47.4.